The third-order valence-corrected chi connectivity index (χ3v) is 4.84. The number of carbonyl (C=O) groups is 3. The number of benzene rings is 1. The number of hydrogen-bond donors (Lipinski definition) is 1. The number of nitrogens with zero attached hydrogens (tertiary/aromatic N) is 4. The molecule has 178 valence electrons. The maximum atomic E-state index is 12.6. The number of carbonyl (C=O) groups excluding carboxylic acids is 3. The van der Waals surface area contributed by atoms with Crippen molar-refractivity contribution in [3.63, 3.8) is 0 Å². The number of Topliss-reactive ketones (excluding diaryl/α,β-unsaturated/α-hetero) is 1. The van der Waals surface area contributed by atoms with Gasteiger partial charge in [0.1, 0.15) is 23.7 Å². The number of amides is 1. The fourth-order valence-electron chi connectivity index (χ4n) is 3.44. The molecule has 34 heavy (non-hydrogen) atoms. The van der Waals surface area contributed by atoms with E-state index in [1.54, 1.807) is 58.3 Å². The Kier molecular flexibility index (Phi) is 7.24. The summed E-state index contributed by atoms with van der Waals surface area (Å²) in [6, 6.07) is 3.55. The van der Waals surface area contributed by atoms with Crippen molar-refractivity contribution in [2.45, 2.75) is 59.6 Å². The minimum absolute atomic E-state index is 0.190. The average Bonchev–Trinajstić information content (AvgIpc) is 3.10. The minimum atomic E-state index is -0.677. The largest absolute Gasteiger partial charge is 0.459 e. The molecule has 1 N–H and O–H groups in total. The Labute approximate surface area is 198 Å². The van der Waals surface area contributed by atoms with Crippen molar-refractivity contribution >= 4 is 34.3 Å². The number of esters is 1. The number of aryl methyl sites for hydroxylation is 1. The molecule has 3 aromatic rings. The van der Waals surface area contributed by atoms with Crippen LogP contribution in [0.4, 0.5) is 5.69 Å². The summed E-state index contributed by atoms with van der Waals surface area (Å²) in [5.74, 6) is -0.383. The maximum absolute atomic E-state index is 12.6. The minimum Gasteiger partial charge on any atom is -0.459 e. The number of nitrogens with one attached hydrogen (secondary N) is 1. The number of allylic oxidation sites excluding steroid dienone is 1. The molecule has 0 fully saturated rings. The number of aromatic nitrogens is 4. The molecule has 1 aromatic carbocycles. The molecule has 2 aromatic heterocycles. The zero-order valence-electron chi connectivity index (χ0n) is 20.1. The van der Waals surface area contributed by atoms with Gasteiger partial charge in [-0.05, 0) is 51.8 Å². The maximum Gasteiger partial charge on any atom is 0.328 e. The normalized spacial score (nSPS) is 11.3. The predicted molar refractivity (Wildman–Crippen MR) is 129 cm³/mol. The van der Waals surface area contributed by atoms with Crippen molar-refractivity contribution in [3.8, 4) is 11.1 Å². The van der Waals surface area contributed by atoms with E-state index in [1.807, 2.05) is 0 Å². The Morgan fingerprint density at radius 3 is 2.41 bits per heavy atom. The monoisotopic (exact) mass is 463 g/mol. The van der Waals surface area contributed by atoms with Gasteiger partial charge in [-0.3, -0.25) is 19.1 Å². The zero-order valence-corrected chi connectivity index (χ0v) is 20.1. The predicted octanol–water partition coefficient (Wildman–Crippen LogP) is 4.25. The first-order valence-electron chi connectivity index (χ1n) is 11.0. The average molecular weight is 464 g/mol. The van der Waals surface area contributed by atoms with Crippen LogP contribution in [-0.4, -0.2) is 43.0 Å². The summed E-state index contributed by atoms with van der Waals surface area (Å²) < 4.78 is 6.84. The molecule has 9 heteroatoms. The molecule has 0 aliphatic carbocycles. The number of ether oxygens (including phenoxy) is 1. The Morgan fingerprint density at radius 2 is 1.82 bits per heavy atom. The third-order valence-electron chi connectivity index (χ3n) is 4.84. The molecule has 0 radical (unpaired) electrons. The van der Waals surface area contributed by atoms with Crippen molar-refractivity contribution in [2.75, 3.05) is 5.32 Å². The highest BCUT2D eigenvalue weighted by molar-refractivity contribution is 6.11. The molecule has 0 bridgehead atoms. The highest BCUT2D eigenvalue weighted by Crippen LogP contribution is 2.33. The van der Waals surface area contributed by atoms with E-state index in [9.17, 15) is 14.4 Å². The summed E-state index contributed by atoms with van der Waals surface area (Å²) in [7, 11) is 0. The van der Waals surface area contributed by atoms with Gasteiger partial charge in [0.25, 0.3) is 0 Å². The smallest absolute Gasteiger partial charge is 0.328 e. The van der Waals surface area contributed by atoms with Crippen LogP contribution in [0.25, 0.3) is 22.0 Å². The molecule has 9 nitrogen and oxygen atoms in total. The summed E-state index contributed by atoms with van der Waals surface area (Å²) in [5.41, 5.74) is 1.80. The Balaban J connectivity index is 2.19. The van der Waals surface area contributed by atoms with Crippen molar-refractivity contribution in [1.29, 1.82) is 0 Å². The second-order valence-electron chi connectivity index (χ2n) is 8.96. The molecule has 1 amide bonds. The molecular formula is C25H29N5O4. The Hall–Kier alpha value is -3.88. The van der Waals surface area contributed by atoms with Crippen LogP contribution in [0.2, 0.25) is 0 Å². The topological polar surface area (TPSA) is 116 Å². The van der Waals surface area contributed by atoms with Gasteiger partial charge in [-0.25, -0.2) is 9.97 Å². The molecule has 0 saturated carbocycles. The van der Waals surface area contributed by atoms with E-state index >= 15 is 0 Å². The molecule has 0 aliphatic rings. The van der Waals surface area contributed by atoms with Crippen molar-refractivity contribution in [2.24, 2.45) is 0 Å². The number of rotatable bonds is 8. The van der Waals surface area contributed by atoms with Gasteiger partial charge in [0.15, 0.2) is 5.78 Å². The molecule has 0 spiro atoms. The number of ketones is 1. The van der Waals surface area contributed by atoms with Crippen LogP contribution in [0.15, 0.2) is 37.2 Å². The van der Waals surface area contributed by atoms with Gasteiger partial charge < -0.3 is 10.1 Å². The van der Waals surface area contributed by atoms with E-state index in [2.05, 4.69) is 27.0 Å². The van der Waals surface area contributed by atoms with E-state index in [0.29, 0.717) is 40.0 Å². The van der Waals surface area contributed by atoms with E-state index in [-0.39, 0.29) is 30.3 Å². The van der Waals surface area contributed by atoms with Crippen LogP contribution < -0.4 is 5.32 Å². The zero-order chi connectivity index (χ0) is 25.0. The second kappa shape index (κ2) is 9.94. The third kappa shape index (κ3) is 5.92. The van der Waals surface area contributed by atoms with Gasteiger partial charge in [-0.1, -0.05) is 6.08 Å². The van der Waals surface area contributed by atoms with Gasteiger partial charge in [-0.2, -0.15) is 5.10 Å². The highest BCUT2D eigenvalue weighted by Gasteiger charge is 2.23. The molecule has 3 rings (SSSR count). The van der Waals surface area contributed by atoms with E-state index in [4.69, 9.17) is 4.74 Å². The van der Waals surface area contributed by atoms with E-state index in [1.165, 1.54) is 11.6 Å². The van der Waals surface area contributed by atoms with E-state index in [0.717, 1.165) is 0 Å². The first kappa shape index (κ1) is 24.8. The van der Waals surface area contributed by atoms with Crippen LogP contribution in [0.1, 0.15) is 56.8 Å². The Morgan fingerprint density at radius 1 is 1.15 bits per heavy atom. The molecule has 0 unspecified atom stereocenters. The first-order valence-corrected chi connectivity index (χ1v) is 11.0. The van der Waals surface area contributed by atoms with Gasteiger partial charge in [0.2, 0.25) is 5.91 Å². The summed E-state index contributed by atoms with van der Waals surface area (Å²) in [5, 5.41) is 7.82. The van der Waals surface area contributed by atoms with Crippen LogP contribution in [0.3, 0.4) is 0 Å². The SMILES string of the molecule is C=CCCC(=O)Nc1cc(-c2cnc(C)nc2)cc2c(C(C)=O)nn(CC(=O)OC(C)(C)C)c12. The number of hydrogen-bond acceptors (Lipinski definition) is 7. The first-order chi connectivity index (χ1) is 16.0. The van der Waals surface area contributed by atoms with Gasteiger partial charge in [0.05, 0.1) is 11.2 Å². The summed E-state index contributed by atoms with van der Waals surface area (Å²) in [6.45, 7) is 11.9. The lowest BCUT2D eigenvalue weighted by atomic mass is 10.0. The molecule has 2 heterocycles. The van der Waals surface area contributed by atoms with Crippen LogP contribution in [0, 0.1) is 6.92 Å². The molecular weight excluding hydrogens is 434 g/mol. The fraction of sp³-hybridized carbons (Fsp3) is 0.360. The van der Waals surface area contributed by atoms with Crippen molar-refractivity contribution < 1.29 is 19.1 Å². The van der Waals surface area contributed by atoms with Gasteiger partial charge in [0, 0.05) is 36.7 Å². The molecule has 0 saturated heterocycles. The van der Waals surface area contributed by atoms with Crippen LogP contribution in [-0.2, 0) is 20.9 Å². The van der Waals surface area contributed by atoms with Crippen LogP contribution >= 0.6 is 0 Å². The van der Waals surface area contributed by atoms with Gasteiger partial charge in [-0.15, -0.1) is 6.58 Å². The lowest BCUT2D eigenvalue weighted by molar-refractivity contribution is -0.155. The molecule has 0 aliphatic heterocycles. The van der Waals surface area contributed by atoms with Crippen LogP contribution in [0.5, 0.6) is 0 Å². The summed E-state index contributed by atoms with van der Waals surface area (Å²) in [6.07, 6.45) is 5.76. The quantitative estimate of drug-likeness (QED) is 0.301. The summed E-state index contributed by atoms with van der Waals surface area (Å²) in [4.78, 5) is 46.1. The highest BCUT2D eigenvalue weighted by atomic mass is 16.6. The van der Waals surface area contributed by atoms with E-state index < -0.39 is 11.6 Å². The fourth-order valence-corrected chi connectivity index (χ4v) is 3.44. The summed E-state index contributed by atoms with van der Waals surface area (Å²) >= 11 is 0. The number of anilines is 1. The van der Waals surface area contributed by atoms with Gasteiger partial charge >= 0.3 is 5.97 Å². The molecule has 0 atom stereocenters. The standard InChI is InChI=1S/C25H29N5O4/c1-7-8-9-21(32)28-20-11-17(18-12-26-16(3)27-13-18)10-19-23(15(2)31)29-30(24(19)20)14-22(33)34-25(4,5)6/h7,10-13H,1,8-9,14H2,2-6H3,(H,28,32). The number of fused-ring (bicyclic) bond motifs is 1. The lowest BCUT2D eigenvalue weighted by Crippen LogP contribution is -2.27. The Bertz CT molecular complexity index is 1250. The van der Waals surface area contributed by atoms with Crippen molar-refractivity contribution in [3.05, 3.63) is 48.7 Å². The van der Waals surface area contributed by atoms with Crippen molar-refractivity contribution in [1.82, 2.24) is 19.7 Å². The second-order valence-corrected chi connectivity index (χ2v) is 8.96. The lowest BCUT2D eigenvalue weighted by Gasteiger charge is -2.19.